The van der Waals surface area contributed by atoms with Crippen molar-refractivity contribution in [3.05, 3.63) is 94.7 Å². The molecule has 1 atom stereocenters. The van der Waals surface area contributed by atoms with Crippen LogP contribution in [0.25, 0.3) is 0 Å². The summed E-state index contributed by atoms with van der Waals surface area (Å²) < 4.78 is 5.01. The second kappa shape index (κ2) is 12.9. The zero-order valence-electron chi connectivity index (χ0n) is 19.2. The molecule has 8 heteroatoms. The first-order chi connectivity index (χ1) is 16.9. The van der Waals surface area contributed by atoms with Gasteiger partial charge in [0.2, 0.25) is 5.91 Å². The molecule has 0 heterocycles. The van der Waals surface area contributed by atoms with E-state index in [2.05, 4.69) is 29.5 Å². The summed E-state index contributed by atoms with van der Waals surface area (Å²) in [5.41, 5.74) is 2.62. The molecular formula is C27H28N2O5S. The third-order valence-electron chi connectivity index (χ3n) is 5.74. The van der Waals surface area contributed by atoms with Crippen LogP contribution in [0.5, 0.6) is 0 Å². The molecule has 0 saturated heterocycles. The number of thiol groups is 1. The molecule has 0 unspecified atom stereocenters. The minimum atomic E-state index is -0.697. The third kappa shape index (κ3) is 7.08. The molecule has 0 radical (unpaired) electrons. The van der Waals surface area contributed by atoms with Crippen molar-refractivity contribution in [2.45, 2.75) is 31.8 Å². The molecule has 0 aromatic heterocycles. The lowest BCUT2D eigenvalue weighted by molar-refractivity contribution is -0.121. The molecule has 2 aromatic rings. The molecular weight excluding hydrogens is 464 g/mol. The summed E-state index contributed by atoms with van der Waals surface area (Å²) in [5.74, 6) is -1.71. The summed E-state index contributed by atoms with van der Waals surface area (Å²) >= 11 is 4.02. The molecule has 2 aromatic carbocycles. The molecule has 0 saturated carbocycles. The highest BCUT2D eigenvalue weighted by Crippen LogP contribution is 2.32. The van der Waals surface area contributed by atoms with Gasteiger partial charge in [0.1, 0.15) is 6.79 Å². The zero-order valence-corrected chi connectivity index (χ0v) is 20.1. The van der Waals surface area contributed by atoms with Gasteiger partial charge in [-0.3, -0.25) is 19.4 Å². The van der Waals surface area contributed by atoms with Crippen LogP contribution in [0.3, 0.4) is 0 Å². The minimum absolute atomic E-state index is 0.147. The molecule has 35 heavy (non-hydrogen) atoms. The zero-order chi connectivity index (χ0) is 25.2. The number of benzene rings is 2. The lowest BCUT2D eigenvalue weighted by Gasteiger charge is -2.17. The molecule has 182 valence electrons. The number of aliphatic hydroxyl groups excluding tert-OH is 1. The van der Waals surface area contributed by atoms with Gasteiger partial charge in [0.25, 0.3) is 0 Å². The smallest absolute Gasteiger partial charge is 0.231 e. The summed E-state index contributed by atoms with van der Waals surface area (Å²) in [6.07, 6.45) is 5.67. The predicted octanol–water partition coefficient (Wildman–Crippen LogP) is 4.20. The van der Waals surface area contributed by atoms with Gasteiger partial charge < -0.3 is 15.2 Å². The Hall–Kier alpha value is -3.33. The van der Waals surface area contributed by atoms with Crippen molar-refractivity contribution < 1.29 is 24.2 Å². The van der Waals surface area contributed by atoms with E-state index in [1.165, 1.54) is 18.6 Å². The Morgan fingerprint density at radius 1 is 1.14 bits per heavy atom. The van der Waals surface area contributed by atoms with Crippen molar-refractivity contribution >= 4 is 36.3 Å². The lowest BCUT2D eigenvalue weighted by Crippen LogP contribution is -2.25. The number of nitrogens with zero attached hydrogens (tertiary/aromatic N) is 1. The van der Waals surface area contributed by atoms with Gasteiger partial charge in [-0.15, -0.1) is 12.6 Å². The Labute approximate surface area is 210 Å². The molecule has 3 rings (SSSR count). The van der Waals surface area contributed by atoms with Crippen LogP contribution < -0.4 is 5.32 Å². The Morgan fingerprint density at radius 3 is 2.40 bits per heavy atom. The van der Waals surface area contributed by atoms with Crippen molar-refractivity contribution in [3.63, 3.8) is 0 Å². The Morgan fingerprint density at radius 2 is 1.80 bits per heavy atom. The number of aliphatic imine (C=N–C) groups is 1. The van der Waals surface area contributed by atoms with E-state index in [1.54, 1.807) is 24.3 Å². The van der Waals surface area contributed by atoms with Gasteiger partial charge in [-0.25, -0.2) is 0 Å². The van der Waals surface area contributed by atoms with Gasteiger partial charge in [0, 0.05) is 34.6 Å². The average molecular weight is 493 g/mol. The Balaban J connectivity index is 1.68. The van der Waals surface area contributed by atoms with Crippen LogP contribution >= 0.6 is 12.6 Å². The molecule has 1 aliphatic rings. The summed E-state index contributed by atoms with van der Waals surface area (Å²) in [6, 6.07) is 14.2. The van der Waals surface area contributed by atoms with Crippen LogP contribution in [0, 0.1) is 5.92 Å². The van der Waals surface area contributed by atoms with E-state index in [9.17, 15) is 14.4 Å². The molecule has 0 bridgehead atoms. The molecule has 0 aliphatic heterocycles. The third-order valence-corrected chi connectivity index (χ3v) is 5.86. The number of allylic oxidation sites excluding steroid dienone is 1. The maximum Gasteiger partial charge on any atom is 0.231 e. The number of ether oxygens (including phenoxy) is 1. The SMILES string of the molecule is C=C(S)/C=N\C=C/NC(=O)[C@H](CCCC1C(=O)c2ccccc2C1=O)c1ccc(COCO)cc1. The number of hydrogen-bond donors (Lipinski definition) is 3. The number of amides is 1. The first-order valence-corrected chi connectivity index (χ1v) is 11.7. The first kappa shape index (κ1) is 26.3. The van der Waals surface area contributed by atoms with E-state index in [4.69, 9.17) is 9.84 Å². The summed E-state index contributed by atoms with van der Waals surface area (Å²) in [5, 5.41) is 11.6. The van der Waals surface area contributed by atoms with Crippen molar-refractivity contribution in [1.29, 1.82) is 0 Å². The number of fused-ring (bicyclic) bond motifs is 1. The second-order valence-corrected chi connectivity index (χ2v) is 8.70. The van der Waals surface area contributed by atoms with E-state index >= 15 is 0 Å². The normalized spacial score (nSPS) is 14.6. The van der Waals surface area contributed by atoms with Crippen LogP contribution in [0.1, 0.15) is 57.0 Å². The number of aliphatic hydroxyl groups is 1. The van der Waals surface area contributed by atoms with E-state index in [0.29, 0.717) is 35.3 Å². The van der Waals surface area contributed by atoms with Crippen LogP contribution in [-0.4, -0.2) is 35.6 Å². The van der Waals surface area contributed by atoms with Crippen molar-refractivity contribution in [1.82, 2.24) is 5.32 Å². The van der Waals surface area contributed by atoms with E-state index < -0.39 is 11.8 Å². The molecule has 1 aliphatic carbocycles. The Bertz CT molecular complexity index is 1110. The highest BCUT2D eigenvalue weighted by atomic mass is 32.1. The van der Waals surface area contributed by atoms with Crippen LogP contribution in [-0.2, 0) is 16.1 Å². The quantitative estimate of drug-likeness (QED) is 0.178. The van der Waals surface area contributed by atoms with Gasteiger partial charge in [-0.1, -0.05) is 61.5 Å². The Kier molecular flexibility index (Phi) is 9.72. The monoisotopic (exact) mass is 492 g/mol. The molecule has 0 spiro atoms. The number of ketones is 2. The number of Topliss-reactive ketones (excluding diaryl/α,β-unsaturated/α-hetero) is 2. The number of hydrogen-bond acceptors (Lipinski definition) is 7. The van der Waals surface area contributed by atoms with E-state index in [0.717, 1.165) is 11.1 Å². The number of carbonyl (C=O) groups is 3. The van der Waals surface area contributed by atoms with E-state index in [1.807, 2.05) is 24.3 Å². The molecule has 1 amide bonds. The van der Waals surface area contributed by atoms with Gasteiger partial charge in [0.05, 0.1) is 18.4 Å². The summed E-state index contributed by atoms with van der Waals surface area (Å²) in [6.45, 7) is 3.49. The summed E-state index contributed by atoms with van der Waals surface area (Å²) in [4.78, 5) is 42.8. The van der Waals surface area contributed by atoms with Crippen molar-refractivity contribution in [2.24, 2.45) is 10.9 Å². The van der Waals surface area contributed by atoms with Gasteiger partial charge >= 0.3 is 0 Å². The highest BCUT2D eigenvalue weighted by molar-refractivity contribution is 7.85. The largest absolute Gasteiger partial charge is 0.371 e. The van der Waals surface area contributed by atoms with Crippen molar-refractivity contribution in [3.8, 4) is 0 Å². The standard InChI is InChI=1S/C27H28N2O5S/c1-18(35)15-28-13-14-29-27(33)21(20-11-9-19(10-12-20)16-34-17-30)7-4-8-24-25(31)22-5-2-3-6-23(22)26(24)32/h2-3,5-6,9-15,21,24,30,35H,1,4,7-8,16-17H2,(H,29,33)/b14-13-,28-15-/t21-/m1/s1. The first-order valence-electron chi connectivity index (χ1n) is 11.2. The minimum Gasteiger partial charge on any atom is -0.371 e. The fourth-order valence-corrected chi connectivity index (χ4v) is 4.11. The van der Waals surface area contributed by atoms with Gasteiger partial charge in [-0.05, 0) is 24.0 Å². The van der Waals surface area contributed by atoms with Crippen molar-refractivity contribution in [2.75, 3.05) is 6.79 Å². The predicted molar refractivity (Wildman–Crippen MR) is 137 cm³/mol. The average Bonchev–Trinajstić information content (AvgIpc) is 3.10. The van der Waals surface area contributed by atoms with Crippen LogP contribution in [0.4, 0.5) is 0 Å². The van der Waals surface area contributed by atoms with Gasteiger partial charge in [0.15, 0.2) is 11.6 Å². The highest BCUT2D eigenvalue weighted by Gasteiger charge is 2.37. The van der Waals surface area contributed by atoms with Gasteiger partial charge in [-0.2, -0.15) is 0 Å². The van der Waals surface area contributed by atoms with Crippen LogP contribution in [0.2, 0.25) is 0 Å². The maximum atomic E-state index is 13.0. The number of rotatable bonds is 12. The topological polar surface area (TPSA) is 105 Å². The fourth-order valence-electron chi connectivity index (χ4n) is 4.05. The summed E-state index contributed by atoms with van der Waals surface area (Å²) in [7, 11) is 0. The fraction of sp³-hybridized carbons (Fsp3) is 0.259. The maximum absolute atomic E-state index is 13.0. The molecule has 0 fully saturated rings. The second-order valence-electron chi connectivity index (χ2n) is 8.12. The molecule has 7 nitrogen and oxygen atoms in total. The molecule has 2 N–H and O–H groups in total. The van der Waals surface area contributed by atoms with E-state index in [-0.39, 0.29) is 30.9 Å². The van der Waals surface area contributed by atoms with Crippen LogP contribution in [0.15, 0.2) is 77.4 Å². The number of carbonyl (C=O) groups excluding carboxylic acids is 3. The number of nitrogens with one attached hydrogen (secondary N) is 1. The lowest BCUT2D eigenvalue weighted by atomic mass is 9.89.